The molecule has 1 saturated heterocycles. The van der Waals surface area contributed by atoms with Gasteiger partial charge in [0.1, 0.15) is 0 Å². The van der Waals surface area contributed by atoms with E-state index in [1.807, 2.05) is 42.5 Å². The zero-order valence-corrected chi connectivity index (χ0v) is 13.7. The number of benzene rings is 2. The molecular formula is C20H24N2O. The number of hydrogen-bond donors (Lipinski definition) is 1. The summed E-state index contributed by atoms with van der Waals surface area (Å²) >= 11 is 0. The van der Waals surface area contributed by atoms with Crippen molar-refractivity contribution in [3.63, 3.8) is 0 Å². The van der Waals surface area contributed by atoms with Crippen molar-refractivity contribution in [2.24, 2.45) is 0 Å². The van der Waals surface area contributed by atoms with Crippen LogP contribution in [-0.4, -0.2) is 19.0 Å². The highest BCUT2D eigenvalue weighted by Gasteiger charge is 2.15. The van der Waals surface area contributed by atoms with Crippen molar-refractivity contribution in [3.8, 4) is 0 Å². The van der Waals surface area contributed by atoms with Gasteiger partial charge in [-0.2, -0.15) is 0 Å². The predicted molar refractivity (Wildman–Crippen MR) is 96.3 cm³/mol. The van der Waals surface area contributed by atoms with E-state index in [0.717, 1.165) is 30.9 Å². The average molecular weight is 308 g/mol. The molecule has 0 aromatic heterocycles. The summed E-state index contributed by atoms with van der Waals surface area (Å²) in [5.41, 5.74) is 3.98. The molecule has 2 aromatic carbocycles. The second-order valence-electron chi connectivity index (χ2n) is 6.07. The number of amides is 1. The zero-order valence-electron chi connectivity index (χ0n) is 13.7. The summed E-state index contributed by atoms with van der Waals surface area (Å²) in [6, 6.07) is 15.9. The van der Waals surface area contributed by atoms with E-state index in [0.29, 0.717) is 5.56 Å². The Kier molecular flexibility index (Phi) is 4.96. The van der Waals surface area contributed by atoms with E-state index in [-0.39, 0.29) is 5.91 Å². The number of anilines is 2. The van der Waals surface area contributed by atoms with Crippen LogP contribution < -0.4 is 10.2 Å². The SMILES string of the molecule is CCc1ccc(C(=O)Nc2ccccc2N2CCCCC2)cc1. The molecule has 1 aliphatic rings. The summed E-state index contributed by atoms with van der Waals surface area (Å²) in [4.78, 5) is 14.9. The first-order valence-corrected chi connectivity index (χ1v) is 8.52. The molecule has 1 fully saturated rings. The van der Waals surface area contributed by atoms with Gasteiger partial charge in [0.05, 0.1) is 11.4 Å². The Labute approximate surface area is 138 Å². The Morgan fingerprint density at radius 3 is 2.39 bits per heavy atom. The van der Waals surface area contributed by atoms with E-state index in [1.165, 1.54) is 24.8 Å². The minimum Gasteiger partial charge on any atom is -0.370 e. The van der Waals surface area contributed by atoms with Gasteiger partial charge in [0.25, 0.3) is 5.91 Å². The van der Waals surface area contributed by atoms with Crippen LogP contribution in [0.2, 0.25) is 0 Å². The van der Waals surface area contributed by atoms with Gasteiger partial charge >= 0.3 is 0 Å². The molecule has 0 atom stereocenters. The third kappa shape index (κ3) is 3.73. The Morgan fingerprint density at radius 1 is 1.00 bits per heavy atom. The van der Waals surface area contributed by atoms with E-state index in [4.69, 9.17) is 0 Å². The Bertz CT molecular complexity index is 658. The highest BCUT2D eigenvalue weighted by Crippen LogP contribution is 2.28. The highest BCUT2D eigenvalue weighted by molar-refractivity contribution is 6.06. The minimum absolute atomic E-state index is 0.0443. The topological polar surface area (TPSA) is 32.3 Å². The van der Waals surface area contributed by atoms with Crippen molar-refractivity contribution < 1.29 is 4.79 Å². The number of para-hydroxylation sites is 2. The fraction of sp³-hybridized carbons (Fsp3) is 0.350. The predicted octanol–water partition coefficient (Wildman–Crippen LogP) is 4.49. The summed E-state index contributed by atoms with van der Waals surface area (Å²) < 4.78 is 0. The van der Waals surface area contributed by atoms with Gasteiger partial charge < -0.3 is 10.2 Å². The summed E-state index contributed by atoms with van der Waals surface area (Å²) in [5, 5.41) is 3.08. The summed E-state index contributed by atoms with van der Waals surface area (Å²) in [6.45, 7) is 4.25. The molecule has 23 heavy (non-hydrogen) atoms. The fourth-order valence-electron chi connectivity index (χ4n) is 3.08. The maximum Gasteiger partial charge on any atom is 0.255 e. The van der Waals surface area contributed by atoms with Gasteiger partial charge in [-0.1, -0.05) is 31.2 Å². The van der Waals surface area contributed by atoms with Crippen molar-refractivity contribution >= 4 is 17.3 Å². The number of nitrogens with zero attached hydrogens (tertiary/aromatic N) is 1. The molecule has 1 aliphatic heterocycles. The third-order valence-corrected chi connectivity index (χ3v) is 4.47. The first-order chi connectivity index (χ1) is 11.3. The van der Waals surface area contributed by atoms with Gasteiger partial charge in [-0.3, -0.25) is 4.79 Å². The van der Waals surface area contributed by atoms with Crippen molar-refractivity contribution in [1.29, 1.82) is 0 Å². The van der Waals surface area contributed by atoms with Crippen LogP contribution in [0.1, 0.15) is 42.1 Å². The van der Waals surface area contributed by atoms with Gasteiger partial charge in [0.2, 0.25) is 0 Å². The molecule has 1 amide bonds. The lowest BCUT2D eigenvalue weighted by molar-refractivity contribution is 0.102. The largest absolute Gasteiger partial charge is 0.370 e. The number of carbonyl (C=O) groups excluding carboxylic acids is 1. The smallest absolute Gasteiger partial charge is 0.255 e. The molecule has 0 unspecified atom stereocenters. The molecule has 0 spiro atoms. The first kappa shape index (κ1) is 15.6. The van der Waals surface area contributed by atoms with E-state index < -0.39 is 0 Å². The molecule has 2 aromatic rings. The maximum absolute atomic E-state index is 12.5. The number of hydrogen-bond acceptors (Lipinski definition) is 2. The lowest BCUT2D eigenvalue weighted by Gasteiger charge is -2.30. The van der Waals surface area contributed by atoms with E-state index in [9.17, 15) is 4.79 Å². The van der Waals surface area contributed by atoms with Crippen LogP contribution in [0, 0.1) is 0 Å². The molecule has 1 heterocycles. The quantitative estimate of drug-likeness (QED) is 0.902. The summed E-state index contributed by atoms with van der Waals surface area (Å²) in [7, 11) is 0. The number of aryl methyl sites for hydroxylation is 1. The average Bonchev–Trinajstić information content (AvgIpc) is 2.63. The molecule has 0 saturated carbocycles. The number of rotatable bonds is 4. The molecule has 3 nitrogen and oxygen atoms in total. The fourth-order valence-corrected chi connectivity index (χ4v) is 3.08. The highest BCUT2D eigenvalue weighted by atomic mass is 16.1. The molecule has 0 bridgehead atoms. The van der Waals surface area contributed by atoms with Gasteiger partial charge in [-0.25, -0.2) is 0 Å². The first-order valence-electron chi connectivity index (χ1n) is 8.52. The second-order valence-corrected chi connectivity index (χ2v) is 6.07. The molecule has 1 N–H and O–H groups in total. The molecule has 0 radical (unpaired) electrons. The van der Waals surface area contributed by atoms with Gasteiger partial charge in [0.15, 0.2) is 0 Å². The molecule has 3 rings (SSSR count). The number of carbonyl (C=O) groups is 1. The van der Waals surface area contributed by atoms with Crippen LogP contribution in [-0.2, 0) is 6.42 Å². The lowest BCUT2D eigenvalue weighted by Crippen LogP contribution is -2.30. The second kappa shape index (κ2) is 7.32. The molecule has 120 valence electrons. The van der Waals surface area contributed by atoms with E-state index >= 15 is 0 Å². The van der Waals surface area contributed by atoms with Gasteiger partial charge in [-0.15, -0.1) is 0 Å². The van der Waals surface area contributed by atoms with Crippen LogP contribution in [0.3, 0.4) is 0 Å². The van der Waals surface area contributed by atoms with E-state index in [1.54, 1.807) is 0 Å². The van der Waals surface area contributed by atoms with Crippen LogP contribution in [0.4, 0.5) is 11.4 Å². The normalized spacial score (nSPS) is 14.6. The zero-order chi connectivity index (χ0) is 16.1. The summed E-state index contributed by atoms with van der Waals surface area (Å²) in [5.74, 6) is -0.0443. The number of nitrogens with one attached hydrogen (secondary N) is 1. The minimum atomic E-state index is -0.0443. The lowest BCUT2D eigenvalue weighted by atomic mass is 10.1. The summed E-state index contributed by atoms with van der Waals surface area (Å²) in [6.07, 6.45) is 4.73. The Morgan fingerprint density at radius 2 is 1.70 bits per heavy atom. The van der Waals surface area contributed by atoms with Crippen molar-refractivity contribution in [2.45, 2.75) is 32.6 Å². The van der Waals surface area contributed by atoms with Crippen LogP contribution >= 0.6 is 0 Å². The standard InChI is InChI=1S/C20H24N2O/c1-2-16-10-12-17(13-11-16)20(23)21-18-8-4-5-9-19(18)22-14-6-3-7-15-22/h4-5,8-13H,2-3,6-7,14-15H2,1H3,(H,21,23). The molecular weight excluding hydrogens is 284 g/mol. The van der Waals surface area contributed by atoms with Gasteiger partial charge in [0, 0.05) is 18.7 Å². The monoisotopic (exact) mass is 308 g/mol. The number of piperidine rings is 1. The van der Waals surface area contributed by atoms with E-state index in [2.05, 4.69) is 23.2 Å². The van der Waals surface area contributed by atoms with Crippen molar-refractivity contribution in [2.75, 3.05) is 23.3 Å². The Hall–Kier alpha value is -2.29. The third-order valence-electron chi connectivity index (χ3n) is 4.47. The maximum atomic E-state index is 12.5. The van der Waals surface area contributed by atoms with Crippen LogP contribution in [0.5, 0.6) is 0 Å². The molecule has 3 heteroatoms. The Balaban J connectivity index is 1.77. The van der Waals surface area contributed by atoms with Crippen LogP contribution in [0.25, 0.3) is 0 Å². The molecule has 0 aliphatic carbocycles. The van der Waals surface area contributed by atoms with Gasteiger partial charge in [-0.05, 0) is 55.5 Å². The van der Waals surface area contributed by atoms with Crippen LogP contribution in [0.15, 0.2) is 48.5 Å². The van der Waals surface area contributed by atoms with Crippen molar-refractivity contribution in [3.05, 3.63) is 59.7 Å². The van der Waals surface area contributed by atoms with Crippen molar-refractivity contribution in [1.82, 2.24) is 0 Å².